The SMILES string of the molecule is Cc1nsc(Cc2ncc3cc(Cl)c([C@H]4CCN(C5COC5)C[C@@H]4F)cc3n2)c1Cl. The van der Waals surface area contributed by atoms with Crippen LogP contribution in [0.4, 0.5) is 4.39 Å². The first-order valence-electron chi connectivity index (χ1n) is 10.0. The zero-order chi connectivity index (χ0) is 20.8. The molecule has 2 aliphatic rings. The molecule has 3 aromatic rings. The Labute approximate surface area is 188 Å². The molecular weight excluding hydrogens is 446 g/mol. The molecule has 0 amide bonds. The molecule has 0 spiro atoms. The predicted octanol–water partition coefficient (Wildman–Crippen LogP) is 4.82. The van der Waals surface area contributed by atoms with E-state index in [-0.39, 0.29) is 5.92 Å². The Balaban J connectivity index is 1.41. The average Bonchev–Trinajstić information content (AvgIpc) is 2.99. The number of piperidine rings is 1. The molecule has 5 nitrogen and oxygen atoms in total. The number of hydrogen-bond donors (Lipinski definition) is 0. The van der Waals surface area contributed by atoms with Crippen molar-refractivity contribution in [3.05, 3.63) is 50.3 Å². The number of rotatable bonds is 4. The predicted molar refractivity (Wildman–Crippen MR) is 118 cm³/mol. The zero-order valence-corrected chi connectivity index (χ0v) is 18.8. The van der Waals surface area contributed by atoms with Gasteiger partial charge in [0.05, 0.1) is 40.4 Å². The molecule has 30 heavy (non-hydrogen) atoms. The van der Waals surface area contributed by atoms with Gasteiger partial charge in [0.15, 0.2) is 0 Å². The average molecular weight is 467 g/mol. The number of likely N-dealkylation sites (tertiary alicyclic amines) is 1. The Morgan fingerprint density at radius 3 is 2.80 bits per heavy atom. The van der Waals surface area contributed by atoms with Gasteiger partial charge in [0, 0.05) is 35.5 Å². The summed E-state index contributed by atoms with van der Waals surface area (Å²) in [6, 6.07) is 4.13. The van der Waals surface area contributed by atoms with E-state index < -0.39 is 6.17 Å². The topological polar surface area (TPSA) is 51.1 Å². The molecule has 1 aromatic carbocycles. The van der Waals surface area contributed by atoms with Gasteiger partial charge in [-0.15, -0.1) is 0 Å². The van der Waals surface area contributed by atoms with Crippen LogP contribution >= 0.6 is 34.7 Å². The standard InChI is InChI=1S/C21H21Cl2FN4OS/c1-11-21(23)19(30-27-11)6-20-25-7-12-4-16(22)15(5-18(12)26-20)14-2-3-28(8-17(14)24)13-9-29-10-13/h4-5,7,13-14,17H,2-3,6,8-10H2,1H3/t14-,17+/m1/s1. The van der Waals surface area contributed by atoms with Crippen molar-refractivity contribution < 1.29 is 9.13 Å². The molecule has 0 unspecified atom stereocenters. The van der Waals surface area contributed by atoms with Crippen LogP contribution in [-0.4, -0.2) is 57.8 Å². The van der Waals surface area contributed by atoms with Gasteiger partial charge < -0.3 is 4.74 Å². The second-order valence-electron chi connectivity index (χ2n) is 8.00. The van der Waals surface area contributed by atoms with Crippen molar-refractivity contribution in [1.82, 2.24) is 19.2 Å². The number of aryl methyl sites for hydroxylation is 1. The van der Waals surface area contributed by atoms with E-state index in [4.69, 9.17) is 32.9 Å². The van der Waals surface area contributed by atoms with Gasteiger partial charge in [-0.1, -0.05) is 23.2 Å². The summed E-state index contributed by atoms with van der Waals surface area (Å²) < 4.78 is 24.6. The molecule has 2 aliphatic heterocycles. The second-order valence-corrected chi connectivity index (χ2v) is 9.64. The minimum absolute atomic E-state index is 0.226. The van der Waals surface area contributed by atoms with Crippen LogP contribution in [0.25, 0.3) is 10.9 Å². The van der Waals surface area contributed by atoms with Gasteiger partial charge in [0.1, 0.15) is 12.0 Å². The fraction of sp³-hybridized carbons (Fsp3) is 0.476. The van der Waals surface area contributed by atoms with E-state index in [0.717, 1.165) is 40.0 Å². The molecule has 0 N–H and O–H groups in total. The Kier molecular flexibility index (Phi) is 5.66. The number of ether oxygens (including phenoxy) is 1. The normalized spacial score (nSPS) is 23.1. The third-order valence-electron chi connectivity index (χ3n) is 6.03. The molecule has 4 heterocycles. The van der Waals surface area contributed by atoms with Gasteiger partial charge >= 0.3 is 0 Å². The highest BCUT2D eigenvalue weighted by molar-refractivity contribution is 7.06. The second kappa shape index (κ2) is 8.28. The highest BCUT2D eigenvalue weighted by Crippen LogP contribution is 2.37. The van der Waals surface area contributed by atoms with Crippen molar-refractivity contribution >= 4 is 45.6 Å². The number of alkyl halides is 1. The van der Waals surface area contributed by atoms with Crippen molar-refractivity contribution in [2.75, 3.05) is 26.3 Å². The number of benzene rings is 1. The van der Waals surface area contributed by atoms with E-state index in [9.17, 15) is 0 Å². The lowest BCUT2D eigenvalue weighted by molar-refractivity contribution is -0.0806. The first kappa shape index (κ1) is 20.5. The van der Waals surface area contributed by atoms with Crippen molar-refractivity contribution in [3.8, 4) is 0 Å². The molecule has 0 radical (unpaired) electrons. The highest BCUT2D eigenvalue weighted by atomic mass is 35.5. The Morgan fingerprint density at radius 1 is 1.30 bits per heavy atom. The number of aromatic nitrogens is 3. The summed E-state index contributed by atoms with van der Waals surface area (Å²) in [6.07, 6.45) is 2.05. The quantitative estimate of drug-likeness (QED) is 0.551. The lowest BCUT2D eigenvalue weighted by Crippen LogP contribution is -2.54. The van der Waals surface area contributed by atoms with Crippen molar-refractivity contribution in [2.45, 2.75) is 37.9 Å². The summed E-state index contributed by atoms with van der Waals surface area (Å²) in [7, 11) is 0. The van der Waals surface area contributed by atoms with Crippen molar-refractivity contribution in [2.24, 2.45) is 0 Å². The van der Waals surface area contributed by atoms with Gasteiger partial charge in [-0.05, 0) is 49.1 Å². The monoisotopic (exact) mass is 466 g/mol. The minimum atomic E-state index is -0.963. The first-order valence-corrected chi connectivity index (χ1v) is 11.5. The molecular formula is C21H21Cl2FN4OS. The molecule has 5 rings (SSSR count). The largest absolute Gasteiger partial charge is 0.378 e. The first-order chi connectivity index (χ1) is 14.5. The summed E-state index contributed by atoms with van der Waals surface area (Å²) in [6.45, 7) is 4.57. The van der Waals surface area contributed by atoms with Crippen LogP contribution in [-0.2, 0) is 11.2 Å². The van der Waals surface area contributed by atoms with E-state index in [1.54, 1.807) is 6.20 Å². The van der Waals surface area contributed by atoms with Crippen LogP contribution in [0.3, 0.4) is 0 Å². The minimum Gasteiger partial charge on any atom is -0.378 e. The number of fused-ring (bicyclic) bond motifs is 1. The van der Waals surface area contributed by atoms with Gasteiger partial charge in [0.25, 0.3) is 0 Å². The smallest absolute Gasteiger partial charge is 0.134 e. The van der Waals surface area contributed by atoms with Crippen molar-refractivity contribution in [3.63, 3.8) is 0 Å². The Bertz CT molecular complexity index is 1090. The highest BCUT2D eigenvalue weighted by Gasteiger charge is 2.36. The molecule has 2 fully saturated rings. The third kappa shape index (κ3) is 3.82. The molecule has 0 aliphatic carbocycles. The molecule has 2 aromatic heterocycles. The van der Waals surface area contributed by atoms with E-state index in [1.165, 1.54) is 11.5 Å². The lowest BCUT2D eigenvalue weighted by Gasteiger charge is -2.43. The van der Waals surface area contributed by atoms with E-state index in [1.807, 2.05) is 19.1 Å². The molecule has 2 atom stereocenters. The molecule has 0 bridgehead atoms. The summed E-state index contributed by atoms with van der Waals surface area (Å²) in [5.41, 5.74) is 2.43. The summed E-state index contributed by atoms with van der Waals surface area (Å²) in [5, 5.41) is 2.09. The number of hydrogen-bond acceptors (Lipinski definition) is 6. The van der Waals surface area contributed by atoms with E-state index in [2.05, 4.69) is 14.3 Å². The van der Waals surface area contributed by atoms with Crippen LogP contribution < -0.4 is 0 Å². The van der Waals surface area contributed by atoms with Crippen molar-refractivity contribution in [1.29, 1.82) is 0 Å². The number of nitrogens with zero attached hydrogens (tertiary/aromatic N) is 4. The molecule has 9 heteroatoms. The maximum absolute atomic E-state index is 15.1. The third-order valence-corrected chi connectivity index (χ3v) is 7.91. The van der Waals surface area contributed by atoms with Crippen LogP contribution in [0.15, 0.2) is 18.3 Å². The number of halogens is 3. The Morgan fingerprint density at radius 2 is 2.13 bits per heavy atom. The van der Waals surface area contributed by atoms with Crippen LogP contribution in [0.5, 0.6) is 0 Å². The van der Waals surface area contributed by atoms with Gasteiger partial charge in [-0.25, -0.2) is 14.4 Å². The molecule has 158 valence electrons. The fourth-order valence-corrected chi connectivity index (χ4v) is 5.51. The van der Waals surface area contributed by atoms with Crippen LogP contribution in [0.1, 0.15) is 34.3 Å². The zero-order valence-electron chi connectivity index (χ0n) is 16.4. The van der Waals surface area contributed by atoms with Gasteiger partial charge in [0.2, 0.25) is 0 Å². The summed E-state index contributed by atoms with van der Waals surface area (Å²) >= 11 is 14.2. The molecule has 0 saturated carbocycles. The maximum atomic E-state index is 15.1. The van der Waals surface area contributed by atoms with E-state index in [0.29, 0.717) is 48.1 Å². The molecule has 2 saturated heterocycles. The van der Waals surface area contributed by atoms with Gasteiger partial charge in [-0.2, -0.15) is 4.37 Å². The van der Waals surface area contributed by atoms with Crippen LogP contribution in [0, 0.1) is 6.92 Å². The van der Waals surface area contributed by atoms with Crippen LogP contribution in [0.2, 0.25) is 10.0 Å². The van der Waals surface area contributed by atoms with Gasteiger partial charge in [-0.3, -0.25) is 4.90 Å². The maximum Gasteiger partial charge on any atom is 0.134 e. The lowest BCUT2D eigenvalue weighted by atomic mass is 9.86. The fourth-order valence-electron chi connectivity index (χ4n) is 4.18. The summed E-state index contributed by atoms with van der Waals surface area (Å²) in [5.74, 6) is 0.439. The Hall–Kier alpha value is -1.38. The summed E-state index contributed by atoms with van der Waals surface area (Å²) in [4.78, 5) is 12.3. The van der Waals surface area contributed by atoms with E-state index >= 15 is 4.39 Å².